The number of thiazole rings is 2. The lowest BCUT2D eigenvalue weighted by Crippen LogP contribution is -1.85. The highest BCUT2D eigenvalue weighted by Gasteiger charge is 2.20. The Hall–Kier alpha value is -1.72. The SMILES string of the molecule is c1ccc2sc(-c3cn4c5c(sc4n3)CCC5)nc2c1. The molecule has 0 spiro atoms. The van der Waals surface area contributed by atoms with Crippen molar-refractivity contribution in [3.05, 3.63) is 41.0 Å². The number of aryl methyl sites for hydroxylation is 2. The molecular formula is C15H11N3S2. The minimum absolute atomic E-state index is 1.01. The molecule has 3 heterocycles. The zero-order chi connectivity index (χ0) is 13.1. The van der Waals surface area contributed by atoms with Crippen LogP contribution >= 0.6 is 22.7 Å². The molecule has 1 aromatic carbocycles. The third kappa shape index (κ3) is 1.45. The third-order valence-electron chi connectivity index (χ3n) is 3.83. The van der Waals surface area contributed by atoms with Crippen LogP contribution in [0, 0.1) is 0 Å². The van der Waals surface area contributed by atoms with E-state index in [9.17, 15) is 0 Å². The van der Waals surface area contributed by atoms with E-state index in [-0.39, 0.29) is 0 Å². The number of hydrogen-bond donors (Lipinski definition) is 0. The van der Waals surface area contributed by atoms with Crippen LogP contribution in [0.2, 0.25) is 0 Å². The van der Waals surface area contributed by atoms with Gasteiger partial charge in [0.05, 0.1) is 10.2 Å². The van der Waals surface area contributed by atoms with Crippen molar-refractivity contribution in [3.63, 3.8) is 0 Å². The van der Waals surface area contributed by atoms with E-state index in [1.165, 1.54) is 34.5 Å². The molecule has 0 unspecified atom stereocenters. The van der Waals surface area contributed by atoms with Crippen molar-refractivity contribution >= 4 is 37.9 Å². The summed E-state index contributed by atoms with van der Waals surface area (Å²) in [6.07, 6.45) is 5.85. The summed E-state index contributed by atoms with van der Waals surface area (Å²) >= 11 is 3.56. The molecule has 98 valence electrons. The lowest BCUT2D eigenvalue weighted by atomic mass is 10.3. The van der Waals surface area contributed by atoms with E-state index < -0.39 is 0 Å². The molecule has 0 fully saturated rings. The number of hydrogen-bond acceptors (Lipinski definition) is 4. The van der Waals surface area contributed by atoms with Crippen LogP contribution in [-0.2, 0) is 12.8 Å². The fraction of sp³-hybridized carbons (Fsp3) is 0.200. The van der Waals surface area contributed by atoms with Gasteiger partial charge in [-0.1, -0.05) is 12.1 Å². The van der Waals surface area contributed by atoms with E-state index in [1.54, 1.807) is 11.3 Å². The number of fused-ring (bicyclic) bond motifs is 4. The van der Waals surface area contributed by atoms with E-state index in [1.807, 2.05) is 17.4 Å². The molecule has 3 aromatic heterocycles. The summed E-state index contributed by atoms with van der Waals surface area (Å²) < 4.78 is 3.50. The summed E-state index contributed by atoms with van der Waals surface area (Å²) in [6, 6.07) is 8.27. The number of para-hydroxylation sites is 1. The molecule has 0 aliphatic heterocycles. The first-order valence-electron chi connectivity index (χ1n) is 6.74. The van der Waals surface area contributed by atoms with Gasteiger partial charge in [-0.25, -0.2) is 9.97 Å². The van der Waals surface area contributed by atoms with Gasteiger partial charge in [-0.2, -0.15) is 0 Å². The Morgan fingerprint density at radius 2 is 2.00 bits per heavy atom. The Morgan fingerprint density at radius 3 is 2.95 bits per heavy atom. The minimum Gasteiger partial charge on any atom is -0.294 e. The Bertz CT molecular complexity index is 912. The quantitative estimate of drug-likeness (QED) is 0.528. The van der Waals surface area contributed by atoms with E-state index in [0.717, 1.165) is 21.2 Å². The first kappa shape index (κ1) is 11.0. The topological polar surface area (TPSA) is 30.2 Å². The smallest absolute Gasteiger partial charge is 0.194 e. The van der Waals surface area contributed by atoms with Crippen molar-refractivity contribution in [1.29, 1.82) is 0 Å². The van der Waals surface area contributed by atoms with E-state index in [4.69, 9.17) is 9.97 Å². The maximum absolute atomic E-state index is 4.77. The number of aromatic nitrogens is 3. The molecule has 0 N–H and O–H groups in total. The minimum atomic E-state index is 1.01. The van der Waals surface area contributed by atoms with Crippen LogP contribution in [0.3, 0.4) is 0 Å². The molecule has 0 saturated heterocycles. The fourth-order valence-corrected chi connectivity index (χ4v) is 5.00. The first-order valence-corrected chi connectivity index (χ1v) is 8.37. The molecule has 1 aliphatic rings. The van der Waals surface area contributed by atoms with Crippen LogP contribution in [0.5, 0.6) is 0 Å². The average molecular weight is 297 g/mol. The van der Waals surface area contributed by atoms with Crippen LogP contribution in [0.25, 0.3) is 25.9 Å². The van der Waals surface area contributed by atoms with Gasteiger partial charge in [0.15, 0.2) is 4.96 Å². The predicted molar refractivity (Wildman–Crippen MR) is 83.7 cm³/mol. The van der Waals surface area contributed by atoms with Crippen LogP contribution in [-0.4, -0.2) is 14.4 Å². The molecule has 20 heavy (non-hydrogen) atoms. The normalized spacial score (nSPS) is 14.4. The van der Waals surface area contributed by atoms with Crippen LogP contribution < -0.4 is 0 Å². The summed E-state index contributed by atoms with van der Waals surface area (Å²) in [5.74, 6) is 0. The van der Waals surface area contributed by atoms with Crippen LogP contribution in [0.4, 0.5) is 0 Å². The average Bonchev–Trinajstić information content (AvgIpc) is 3.17. The molecule has 5 rings (SSSR count). The number of imidazole rings is 1. The Balaban J connectivity index is 1.71. The van der Waals surface area contributed by atoms with Crippen molar-refractivity contribution in [3.8, 4) is 10.7 Å². The van der Waals surface area contributed by atoms with E-state index in [0.29, 0.717) is 0 Å². The van der Waals surface area contributed by atoms with Gasteiger partial charge in [0, 0.05) is 16.8 Å². The molecule has 0 radical (unpaired) electrons. The summed E-state index contributed by atoms with van der Waals surface area (Å²) in [6.45, 7) is 0. The maximum Gasteiger partial charge on any atom is 0.194 e. The van der Waals surface area contributed by atoms with Gasteiger partial charge in [-0.15, -0.1) is 22.7 Å². The lowest BCUT2D eigenvalue weighted by Gasteiger charge is -1.90. The van der Waals surface area contributed by atoms with Crippen LogP contribution in [0.15, 0.2) is 30.5 Å². The molecule has 1 aliphatic carbocycles. The lowest BCUT2D eigenvalue weighted by molar-refractivity contribution is 0.888. The number of rotatable bonds is 1. The second-order valence-electron chi connectivity index (χ2n) is 5.09. The van der Waals surface area contributed by atoms with Crippen molar-refractivity contribution in [2.75, 3.05) is 0 Å². The third-order valence-corrected chi connectivity index (χ3v) is 6.05. The summed E-state index contributed by atoms with van der Waals surface area (Å²) in [4.78, 5) is 12.1. The van der Waals surface area contributed by atoms with E-state index in [2.05, 4.69) is 28.8 Å². The summed E-state index contributed by atoms with van der Waals surface area (Å²) in [5.41, 5.74) is 3.53. The highest BCUT2D eigenvalue weighted by atomic mass is 32.1. The van der Waals surface area contributed by atoms with Gasteiger partial charge < -0.3 is 0 Å². The zero-order valence-electron chi connectivity index (χ0n) is 10.7. The molecule has 3 nitrogen and oxygen atoms in total. The van der Waals surface area contributed by atoms with Crippen molar-refractivity contribution in [1.82, 2.24) is 14.4 Å². The van der Waals surface area contributed by atoms with Gasteiger partial charge in [0.2, 0.25) is 0 Å². The van der Waals surface area contributed by atoms with Crippen molar-refractivity contribution < 1.29 is 0 Å². The highest BCUT2D eigenvalue weighted by molar-refractivity contribution is 7.21. The molecule has 5 heteroatoms. The van der Waals surface area contributed by atoms with Gasteiger partial charge in [-0.05, 0) is 31.4 Å². The summed E-state index contributed by atoms with van der Waals surface area (Å²) in [5, 5.41) is 1.02. The van der Waals surface area contributed by atoms with Crippen LogP contribution in [0.1, 0.15) is 17.0 Å². The second-order valence-corrected chi connectivity index (χ2v) is 7.18. The van der Waals surface area contributed by atoms with Gasteiger partial charge in [0.1, 0.15) is 10.7 Å². The largest absolute Gasteiger partial charge is 0.294 e. The molecule has 0 amide bonds. The zero-order valence-corrected chi connectivity index (χ0v) is 12.3. The van der Waals surface area contributed by atoms with Crippen molar-refractivity contribution in [2.45, 2.75) is 19.3 Å². The van der Waals surface area contributed by atoms with Gasteiger partial charge in [-0.3, -0.25) is 4.40 Å². The maximum atomic E-state index is 4.77. The molecule has 0 atom stereocenters. The van der Waals surface area contributed by atoms with Gasteiger partial charge >= 0.3 is 0 Å². The second kappa shape index (κ2) is 3.90. The Labute approximate surface area is 123 Å². The number of nitrogens with zero attached hydrogens (tertiary/aromatic N) is 3. The Morgan fingerprint density at radius 1 is 1.05 bits per heavy atom. The number of benzene rings is 1. The molecule has 0 saturated carbocycles. The van der Waals surface area contributed by atoms with E-state index >= 15 is 0 Å². The molecular weight excluding hydrogens is 286 g/mol. The highest BCUT2D eigenvalue weighted by Crippen LogP contribution is 2.34. The standard InChI is InChI=1S/C15H11N3S2/c1-2-6-12-9(4-1)16-14(19-12)10-8-18-11-5-3-7-13(11)20-15(18)17-10/h1-2,4,6,8H,3,5,7H2. The van der Waals surface area contributed by atoms with Gasteiger partial charge in [0.25, 0.3) is 0 Å². The Kier molecular flexibility index (Phi) is 2.14. The summed E-state index contributed by atoms with van der Waals surface area (Å²) in [7, 11) is 0. The first-order chi connectivity index (χ1) is 9.88. The molecule has 4 aromatic rings. The molecule has 0 bridgehead atoms. The predicted octanol–water partition coefficient (Wildman–Crippen LogP) is 4.16. The monoisotopic (exact) mass is 297 g/mol. The van der Waals surface area contributed by atoms with Crippen molar-refractivity contribution in [2.24, 2.45) is 0 Å². The fourth-order valence-electron chi connectivity index (χ4n) is 2.89.